The fourth-order valence-corrected chi connectivity index (χ4v) is 1.79. The molecule has 18 heavy (non-hydrogen) atoms. The van der Waals surface area contributed by atoms with Gasteiger partial charge in [0.1, 0.15) is 6.10 Å². The van der Waals surface area contributed by atoms with Crippen LogP contribution < -0.4 is 15.2 Å². The van der Waals surface area contributed by atoms with E-state index in [0.29, 0.717) is 6.61 Å². The van der Waals surface area contributed by atoms with Crippen LogP contribution >= 0.6 is 0 Å². The maximum Gasteiger partial charge on any atom is 0.161 e. The van der Waals surface area contributed by atoms with Gasteiger partial charge in [-0.1, -0.05) is 6.07 Å². The maximum atomic E-state index is 5.79. The van der Waals surface area contributed by atoms with Crippen LogP contribution in [0.5, 0.6) is 11.5 Å². The topological polar surface area (TPSA) is 53.7 Å². The third-order valence-corrected chi connectivity index (χ3v) is 2.52. The summed E-state index contributed by atoms with van der Waals surface area (Å²) in [5.74, 6) is 1.46. The monoisotopic (exact) mass is 253 g/mol. The molecule has 0 spiro atoms. The Kier molecular flexibility index (Phi) is 5.95. The number of ether oxygens (including phenoxy) is 3. The standard InChI is InChI=1S/C14H23NO3/c1-10(15)7-12-5-6-13(14(8-12)17-4)18-11(2)9-16-3/h5-6,8,10-11H,7,9,15H2,1-4H3. The second kappa shape index (κ2) is 7.24. The molecule has 1 rings (SSSR count). The Morgan fingerprint density at radius 2 is 1.89 bits per heavy atom. The molecule has 0 aliphatic rings. The number of hydrogen-bond donors (Lipinski definition) is 1. The quantitative estimate of drug-likeness (QED) is 0.807. The van der Waals surface area contributed by atoms with E-state index in [1.54, 1.807) is 14.2 Å². The minimum Gasteiger partial charge on any atom is -0.493 e. The van der Waals surface area contributed by atoms with Crippen LogP contribution in [0.4, 0.5) is 0 Å². The van der Waals surface area contributed by atoms with Gasteiger partial charge in [0.25, 0.3) is 0 Å². The van der Waals surface area contributed by atoms with Gasteiger partial charge in [-0.3, -0.25) is 0 Å². The van der Waals surface area contributed by atoms with Gasteiger partial charge < -0.3 is 19.9 Å². The molecule has 0 radical (unpaired) electrons. The van der Waals surface area contributed by atoms with Crippen molar-refractivity contribution < 1.29 is 14.2 Å². The fourth-order valence-electron chi connectivity index (χ4n) is 1.79. The Balaban J connectivity index is 2.79. The number of rotatable bonds is 7. The molecule has 0 aliphatic heterocycles. The highest BCUT2D eigenvalue weighted by Crippen LogP contribution is 2.29. The van der Waals surface area contributed by atoms with E-state index in [1.165, 1.54) is 0 Å². The molecule has 0 fully saturated rings. The van der Waals surface area contributed by atoms with Crippen molar-refractivity contribution in [2.45, 2.75) is 32.4 Å². The van der Waals surface area contributed by atoms with Gasteiger partial charge >= 0.3 is 0 Å². The second-order valence-corrected chi connectivity index (χ2v) is 4.55. The van der Waals surface area contributed by atoms with Crippen molar-refractivity contribution in [3.63, 3.8) is 0 Å². The molecule has 4 nitrogen and oxygen atoms in total. The second-order valence-electron chi connectivity index (χ2n) is 4.55. The largest absolute Gasteiger partial charge is 0.493 e. The van der Waals surface area contributed by atoms with Gasteiger partial charge in [0.15, 0.2) is 11.5 Å². The van der Waals surface area contributed by atoms with Gasteiger partial charge in [0, 0.05) is 13.2 Å². The highest BCUT2D eigenvalue weighted by atomic mass is 16.5. The highest BCUT2D eigenvalue weighted by Gasteiger charge is 2.10. The molecule has 102 valence electrons. The molecule has 0 heterocycles. The van der Waals surface area contributed by atoms with Crippen LogP contribution in [0, 0.1) is 0 Å². The first-order chi connectivity index (χ1) is 8.56. The fraction of sp³-hybridized carbons (Fsp3) is 0.571. The lowest BCUT2D eigenvalue weighted by molar-refractivity contribution is 0.0899. The Hall–Kier alpha value is -1.26. The summed E-state index contributed by atoms with van der Waals surface area (Å²) in [5, 5.41) is 0. The predicted octanol–water partition coefficient (Wildman–Crippen LogP) is 2.00. The van der Waals surface area contributed by atoms with Gasteiger partial charge in [-0.15, -0.1) is 0 Å². The molecule has 2 N–H and O–H groups in total. The van der Waals surface area contributed by atoms with Gasteiger partial charge in [-0.25, -0.2) is 0 Å². The molecule has 0 saturated carbocycles. The van der Waals surface area contributed by atoms with E-state index in [1.807, 2.05) is 32.0 Å². The van der Waals surface area contributed by atoms with Crippen molar-refractivity contribution in [3.8, 4) is 11.5 Å². The summed E-state index contributed by atoms with van der Waals surface area (Å²) in [6, 6.07) is 6.04. The Bertz CT molecular complexity index is 366. The highest BCUT2D eigenvalue weighted by molar-refractivity contribution is 5.43. The summed E-state index contributed by atoms with van der Waals surface area (Å²) < 4.78 is 16.1. The van der Waals surface area contributed by atoms with Gasteiger partial charge in [-0.2, -0.15) is 0 Å². The van der Waals surface area contributed by atoms with Crippen molar-refractivity contribution in [1.29, 1.82) is 0 Å². The van der Waals surface area contributed by atoms with Crippen molar-refractivity contribution in [1.82, 2.24) is 0 Å². The van der Waals surface area contributed by atoms with Crippen LogP contribution in [0.15, 0.2) is 18.2 Å². The van der Waals surface area contributed by atoms with Crippen molar-refractivity contribution in [2.75, 3.05) is 20.8 Å². The zero-order chi connectivity index (χ0) is 13.5. The molecule has 0 bridgehead atoms. The molecular weight excluding hydrogens is 230 g/mol. The van der Waals surface area contributed by atoms with E-state index in [9.17, 15) is 0 Å². The van der Waals surface area contributed by atoms with E-state index in [4.69, 9.17) is 19.9 Å². The van der Waals surface area contributed by atoms with E-state index < -0.39 is 0 Å². The van der Waals surface area contributed by atoms with Gasteiger partial charge in [0.05, 0.1) is 13.7 Å². The molecular formula is C14H23NO3. The van der Waals surface area contributed by atoms with Crippen LogP contribution in [-0.2, 0) is 11.2 Å². The van der Waals surface area contributed by atoms with E-state index in [2.05, 4.69) is 0 Å². The minimum atomic E-state index is -0.0109. The maximum absolute atomic E-state index is 5.79. The Labute approximate surface area is 109 Å². The zero-order valence-electron chi connectivity index (χ0n) is 11.6. The molecule has 0 aliphatic carbocycles. The Morgan fingerprint density at radius 3 is 2.44 bits per heavy atom. The first kappa shape index (κ1) is 14.8. The average molecular weight is 253 g/mol. The van der Waals surface area contributed by atoms with Crippen molar-refractivity contribution in [3.05, 3.63) is 23.8 Å². The molecule has 2 unspecified atom stereocenters. The zero-order valence-corrected chi connectivity index (χ0v) is 11.6. The summed E-state index contributed by atoms with van der Waals surface area (Å²) in [6.07, 6.45) is 0.813. The summed E-state index contributed by atoms with van der Waals surface area (Å²) >= 11 is 0. The molecule has 0 aromatic heterocycles. The average Bonchev–Trinajstić information content (AvgIpc) is 2.30. The van der Waals surface area contributed by atoms with Gasteiger partial charge in [-0.05, 0) is 38.0 Å². The first-order valence-corrected chi connectivity index (χ1v) is 6.15. The van der Waals surface area contributed by atoms with E-state index >= 15 is 0 Å². The molecule has 0 saturated heterocycles. The van der Waals surface area contributed by atoms with Gasteiger partial charge in [0.2, 0.25) is 0 Å². The smallest absolute Gasteiger partial charge is 0.161 e. The van der Waals surface area contributed by atoms with E-state index in [-0.39, 0.29) is 12.1 Å². The lowest BCUT2D eigenvalue weighted by Gasteiger charge is -2.17. The Morgan fingerprint density at radius 1 is 1.17 bits per heavy atom. The molecule has 2 atom stereocenters. The van der Waals surface area contributed by atoms with Crippen molar-refractivity contribution in [2.24, 2.45) is 5.73 Å². The normalized spacial score (nSPS) is 14.1. The van der Waals surface area contributed by atoms with Crippen LogP contribution in [0.25, 0.3) is 0 Å². The predicted molar refractivity (Wildman–Crippen MR) is 72.3 cm³/mol. The summed E-state index contributed by atoms with van der Waals surface area (Å²) in [5.41, 5.74) is 6.93. The SMILES string of the molecule is COCC(C)Oc1ccc(CC(C)N)cc1OC. The summed E-state index contributed by atoms with van der Waals surface area (Å²) in [4.78, 5) is 0. The van der Waals surface area contributed by atoms with E-state index in [0.717, 1.165) is 23.5 Å². The number of nitrogens with two attached hydrogens (primary N) is 1. The summed E-state index contributed by atoms with van der Waals surface area (Å²) in [6.45, 7) is 4.49. The number of hydrogen-bond acceptors (Lipinski definition) is 4. The number of benzene rings is 1. The minimum absolute atomic E-state index is 0.0109. The number of methoxy groups -OCH3 is 2. The van der Waals surface area contributed by atoms with Crippen molar-refractivity contribution >= 4 is 0 Å². The molecule has 1 aromatic rings. The summed E-state index contributed by atoms with van der Waals surface area (Å²) in [7, 11) is 3.29. The van der Waals surface area contributed by atoms with Crippen LogP contribution in [0.2, 0.25) is 0 Å². The van der Waals surface area contributed by atoms with Crippen LogP contribution in [-0.4, -0.2) is 33.0 Å². The first-order valence-electron chi connectivity index (χ1n) is 6.15. The van der Waals surface area contributed by atoms with Crippen LogP contribution in [0.3, 0.4) is 0 Å². The lowest BCUT2D eigenvalue weighted by Crippen LogP contribution is -2.19. The third-order valence-electron chi connectivity index (χ3n) is 2.52. The van der Waals surface area contributed by atoms with Crippen LogP contribution in [0.1, 0.15) is 19.4 Å². The molecule has 0 amide bonds. The third kappa shape index (κ3) is 4.55. The molecule has 1 aromatic carbocycles. The lowest BCUT2D eigenvalue weighted by atomic mass is 10.1. The molecule has 4 heteroatoms.